The lowest BCUT2D eigenvalue weighted by atomic mass is 10.1. The number of hydrogen-bond donors (Lipinski definition) is 3. The van der Waals surface area contributed by atoms with Gasteiger partial charge in [-0.25, -0.2) is 9.59 Å². The molecule has 0 saturated carbocycles. The molecule has 2 aromatic carbocycles. The van der Waals surface area contributed by atoms with Crippen LogP contribution in [0.4, 0.5) is 11.4 Å². The lowest BCUT2D eigenvalue weighted by Crippen LogP contribution is -2.35. The van der Waals surface area contributed by atoms with Crippen LogP contribution in [0, 0.1) is 27.7 Å². The highest BCUT2D eigenvalue weighted by Gasteiger charge is 2.24. The van der Waals surface area contributed by atoms with Crippen LogP contribution >= 0.6 is 0 Å². The minimum absolute atomic E-state index is 0.00863. The molecule has 3 N–H and O–H groups in total. The molecule has 0 spiro atoms. The van der Waals surface area contributed by atoms with Crippen LogP contribution in [0.15, 0.2) is 48.5 Å². The Kier molecular flexibility index (Phi) is 12.3. The molecule has 0 radical (unpaired) electrons. The molecule has 0 fully saturated rings. The van der Waals surface area contributed by atoms with E-state index in [0.717, 1.165) is 57.9 Å². The van der Waals surface area contributed by atoms with E-state index in [0.29, 0.717) is 51.6 Å². The number of rotatable bonds is 9. The van der Waals surface area contributed by atoms with Gasteiger partial charge >= 0.3 is 11.9 Å². The summed E-state index contributed by atoms with van der Waals surface area (Å²) in [6.07, 6.45) is 1.55. The number of aromatic nitrogens is 4. The standard InChI is InChI=1S/C20H26N4O3.C18H22N4O3/c1-4-27-20(26)18-11-17-13-23(6-5-7-24(17)22-18)19(25)12-21-16-9-14(2)8-15(3)10-16;1-12-6-13(2)8-14(7-12)19-10-17(23)21-4-3-5-22-15(11-21)9-16(20-22)18(24)25/h8-11,21H,4-7,12-13H2,1-3H3;6-9,19H,3-5,10-11H2,1-2H3,(H,24,25). The van der Waals surface area contributed by atoms with Crippen molar-refractivity contribution >= 4 is 35.1 Å². The summed E-state index contributed by atoms with van der Waals surface area (Å²) >= 11 is 0. The molecule has 2 aromatic heterocycles. The fourth-order valence-electron chi connectivity index (χ4n) is 6.49. The molecule has 0 bridgehead atoms. The molecular formula is C38H48N8O6. The highest BCUT2D eigenvalue weighted by atomic mass is 16.5. The number of ether oxygens (including phenoxy) is 1. The van der Waals surface area contributed by atoms with Gasteiger partial charge in [-0.3, -0.25) is 19.0 Å². The van der Waals surface area contributed by atoms with Gasteiger partial charge in [0.15, 0.2) is 11.4 Å². The average molecular weight is 713 g/mol. The summed E-state index contributed by atoms with van der Waals surface area (Å²) in [5.74, 6) is -1.45. The minimum atomic E-state index is -1.05. The zero-order chi connectivity index (χ0) is 37.4. The second kappa shape index (κ2) is 17.0. The number of amides is 2. The van der Waals surface area contributed by atoms with Crippen LogP contribution in [-0.4, -0.2) is 91.0 Å². The molecule has 6 rings (SSSR count). The van der Waals surface area contributed by atoms with Crippen molar-refractivity contribution in [2.24, 2.45) is 0 Å². The monoisotopic (exact) mass is 712 g/mol. The van der Waals surface area contributed by atoms with Crippen molar-refractivity contribution in [2.75, 3.05) is 43.4 Å². The smallest absolute Gasteiger partial charge is 0.358 e. The molecule has 4 heterocycles. The molecule has 4 aromatic rings. The van der Waals surface area contributed by atoms with Crippen molar-refractivity contribution in [3.8, 4) is 0 Å². The van der Waals surface area contributed by atoms with E-state index >= 15 is 0 Å². The van der Waals surface area contributed by atoms with Crippen LogP contribution in [0.1, 0.15) is 74.4 Å². The third-order valence-electron chi connectivity index (χ3n) is 8.77. The molecule has 0 atom stereocenters. The predicted octanol–water partition coefficient (Wildman–Crippen LogP) is 4.56. The summed E-state index contributed by atoms with van der Waals surface area (Å²) in [4.78, 5) is 51.8. The van der Waals surface area contributed by atoms with Crippen molar-refractivity contribution < 1.29 is 29.0 Å². The van der Waals surface area contributed by atoms with Crippen LogP contribution in [0.2, 0.25) is 0 Å². The molecule has 276 valence electrons. The number of nitrogens with zero attached hydrogens (tertiary/aromatic N) is 6. The van der Waals surface area contributed by atoms with Crippen LogP contribution in [0.25, 0.3) is 0 Å². The average Bonchev–Trinajstić information content (AvgIpc) is 3.55. The summed E-state index contributed by atoms with van der Waals surface area (Å²) in [6.45, 7) is 14.1. The van der Waals surface area contributed by atoms with Crippen molar-refractivity contribution in [3.05, 3.63) is 93.6 Å². The van der Waals surface area contributed by atoms with E-state index in [-0.39, 0.29) is 30.6 Å². The lowest BCUT2D eigenvalue weighted by Gasteiger charge is -2.20. The van der Waals surface area contributed by atoms with Gasteiger partial charge in [0.05, 0.1) is 44.2 Å². The molecule has 2 amide bonds. The van der Waals surface area contributed by atoms with E-state index in [2.05, 4.69) is 33.0 Å². The van der Waals surface area contributed by atoms with Gasteiger partial charge in [-0.05, 0) is 106 Å². The molecule has 2 aliphatic rings. The Morgan fingerprint density at radius 1 is 0.654 bits per heavy atom. The Morgan fingerprint density at radius 2 is 1.08 bits per heavy atom. The molecule has 0 unspecified atom stereocenters. The topological polar surface area (TPSA) is 164 Å². The van der Waals surface area contributed by atoms with Gasteiger partial charge in [-0.1, -0.05) is 12.1 Å². The van der Waals surface area contributed by atoms with Crippen molar-refractivity contribution in [2.45, 2.75) is 73.6 Å². The third-order valence-corrected chi connectivity index (χ3v) is 8.77. The van der Waals surface area contributed by atoms with E-state index in [1.807, 2.05) is 56.9 Å². The molecule has 14 nitrogen and oxygen atoms in total. The maximum absolute atomic E-state index is 12.7. The normalized spacial score (nSPS) is 13.8. The SMILES string of the molecule is CCOC(=O)c1cc2n(n1)CCCN(C(=O)CNc1cc(C)cc(C)c1)C2.Cc1cc(C)cc(NCC(=O)N2CCCn3nc(C(=O)O)cc3C2)c1. The van der Waals surface area contributed by atoms with Crippen LogP contribution in [-0.2, 0) is 40.5 Å². The first kappa shape index (κ1) is 37.6. The molecule has 0 saturated heterocycles. The number of benzene rings is 2. The molecule has 2 aliphatic heterocycles. The summed E-state index contributed by atoms with van der Waals surface area (Å²) in [6, 6.07) is 15.5. The second-order valence-electron chi connectivity index (χ2n) is 13.3. The van der Waals surface area contributed by atoms with Gasteiger partial charge < -0.3 is 30.3 Å². The first-order chi connectivity index (χ1) is 24.9. The summed E-state index contributed by atoms with van der Waals surface area (Å²) in [5.41, 5.74) is 8.44. The first-order valence-corrected chi connectivity index (χ1v) is 17.6. The van der Waals surface area contributed by atoms with Gasteiger partial charge in [0.2, 0.25) is 11.8 Å². The van der Waals surface area contributed by atoms with Gasteiger partial charge in [0.1, 0.15) is 0 Å². The fourth-order valence-corrected chi connectivity index (χ4v) is 6.49. The number of hydrogen-bond acceptors (Lipinski definition) is 9. The van der Waals surface area contributed by atoms with Crippen molar-refractivity contribution in [1.29, 1.82) is 0 Å². The number of carboxylic acid groups (broad SMARTS) is 1. The minimum Gasteiger partial charge on any atom is -0.476 e. The second-order valence-corrected chi connectivity index (χ2v) is 13.3. The molecule has 52 heavy (non-hydrogen) atoms. The Balaban J connectivity index is 0.000000202. The highest BCUT2D eigenvalue weighted by Crippen LogP contribution is 2.18. The maximum atomic E-state index is 12.7. The quantitative estimate of drug-likeness (QED) is 0.210. The highest BCUT2D eigenvalue weighted by molar-refractivity contribution is 5.87. The van der Waals surface area contributed by atoms with Gasteiger partial charge in [0.25, 0.3) is 0 Å². The van der Waals surface area contributed by atoms with E-state index in [4.69, 9.17) is 9.84 Å². The number of carbonyl (C=O) groups excluding carboxylic acids is 3. The number of aromatic carboxylic acids is 1. The van der Waals surface area contributed by atoms with Gasteiger partial charge in [-0.2, -0.15) is 10.2 Å². The maximum Gasteiger partial charge on any atom is 0.358 e. The number of nitrogens with one attached hydrogen (secondary N) is 2. The van der Waals surface area contributed by atoms with Crippen LogP contribution in [0.5, 0.6) is 0 Å². The zero-order valence-corrected chi connectivity index (χ0v) is 30.6. The number of carboxylic acids is 1. The number of aryl methyl sites for hydroxylation is 6. The summed E-state index contributed by atoms with van der Waals surface area (Å²) in [7, 11) is 0. The number of fused-ring (bicyclic) bond motifs is 2. The Bertz CT molecular complexity index is 1890. The number of anilines is 2. The Hall–Kier alpha value is -5.66. The zero-order valence-electron chi connectivity index (χ0n) is 30.6. The number of esters is 1. The Labute approximate surface area is 303 Å². The molecule has 14 heteroatoms. The molecule has 0 aliphatic carbocycles. The summed E-state index contributed by atoms with van der Waals surface area (Å²) in [5, 5.41) is 23.9. The van der Waals surface area contributed by atoms with Crippen molar-refractivity contribution in [3.63, 3.8) is 0 Å². The van der Waals surface area contributed by atoms with Gasteiger partial charge in [-0.15, -0.1) is 0 Å². The van der Waals surface area contributed by atoms with E-state index in [9.17, 15) is 19.2 Å². The molecular weight excluding hydrogens is 664 g/mol. The van der Waals surface area contributed by atoms with E-state index in [1.54, 1.807) is 33.3 Å². The lowest BCUT2D eigenvalue weighted by molar-refractivity contribution is -0.130. The van der Waals surface area contributed by atoms with E-state index in [1.165, 1.54) is 0 Å². The van der Waals surface area contributed by atoms with Crippen molar-refractivity contribution in [1.82, 2.24) is 29.4 Å². The Morgan fingerprint density at radius 3 is 1.50 bits per heavy atom. The largest absolute Gasteiger partial charge is 0.476 e. The van der Waals surface area contributed by atoms with E-state index < -0.39 is 11.9 Å². The van der Waals surface area contributed by atoms with Gasteiger partial charge in [0, 0.05) is 37.6 Å². The fraction of sp³-hybridized carbons (Fsp3) is 0.421. The number of carbonyl (C=O) groups is 4. The van der Waals surface area contributed by atoms with Crippen LogP contribution in [0.3, 0.4) is 0 Å². The predicted molar refractivity (Wildman–Crippen MR) is 196 cm³/mol. The third kappa shape index (κ3) is 9.98. The first-order valence-electron chi connectivity index (χ1n) is 17.6. The summed E-state index contributed by atoms with van der Waals surface area (Å²) < 4.78 is 8.50. The van der Waals surface area contributed by atoms with Crippen LogP contribution < -0.4 is 10.6 Å².